The van der Waals surface area contributed by atoms with E-state index in [-0.39, 0.29) is 6.61 Å². The Morgan fingerprint density at radius 1 is 1.29 bits per heavy atom. The predicted octanol–water partition coefficient (Wildman–Crippen LogP) is 1.80. The molecular weight excluding hydrogens is 220 g/mol. The highest BCUT2D eigenvalue weighted by Gasteiger charge is 2.01. The third-order valence-corrected chi connectivity index (χ3v) is 2.35. The van der Waals surface area contributed by atoms with Crippen molar-refractivity contribution < 1.29 is 19.7 Å². The van der Waals surface area contributed by atoms with Crippen LogP contribution in [0.25, 0.3) is 0 Å². The first-order valence-electron chi connectivity index (χ1n) is 6.34. The Hall–Kier alpha value is -0.870. The van der Waals surface area contributed by atoms with Gasteiger partial charge < -0.3 is 14.9 Å². The number of carbonyl (C=O) groups excluding carboxylic acids is 1. The van der Waals surface area contributed by atoms with Gasteiger partial charge in [0.25, 0.3) is 0 Å². The summed E-state index contributed by atoms with van der Waals surface area (Å²) in [5.74, 6) is -0.396. The number of hydrogen-bond acceptors (Lipinski definition) is 4. The summed E-state index contributed by atoms with van der Waals surface area (Å²) < 4.78 is 4.91. The highest BCUT2D eigenvalue weighted by Crippen LogP contribution is 2.04. The fourth-order valence-corrected chi connectivity index (χ4v) is 1.29. The molecule has 0 aliphatic heterocycles. The van der Waals surface area contributed by atoms with Crippen molar-refractivity contribution in [1.29, 1.82) is 0 Å². The Kier molecular flexibility index (Phi) is 11.0. The molecule has 0 rings (SSSR count). The van der Waals surface area contributed by atoms with Gasteiger partial charge >= 0.3 is 5.97 Å². The van der Waals surface area contributed by atoms with E-state index in [0.29, 0.717) is 13.0 Å². The second kappa shape index (κ2) is 11.6. The van der Waals surface area contributed by atoms with Crippen LogP contribution in [0.15, 0.2) is 12.2 Å². The van der Waals surface area contributed by atoms with E-state index in [9.17, 15) is 9.90 Å². The van der Waals surface area contributed by atoms with Gasteiger partial charge in [-0.25, -0.2) is 4.79 Å². The lowest BCUT2D eigenvalue weighted by Gasteiger charge is -2.04. The molecule has 2 N–H and O–H groups in total. The van der Waals surface area contributed by atoms with Gasteiger partial charge in [0.2, 0.25) is 0 Å². The molecule has 0 aliphatic rings. The Balaban J connectivity index is 3.56. The summed E-state index contributed by atoms with van der Waals surface area (Å²) in [6, 6.07) is 0. The van der Waals surface area contributed by atoms with Crippen LogP contribution >= 0.6 is 0 Å². The van der Waals surface area contributed by atoms with Crippen molar-refractivity contribution in [3.05, 3.63) is 12.2 Å². The zero-order valence-electron chi connectivity index (χ0n) is 10.6. The maximum atomic E-state index is 11.1. The topological polar surface area (TPSA) is 66.8 Å². The van der Waals surface area contributed by atoms with Crippen molar-refractivity contribution >= 4 is 5.97 Å². The number of aliphatic hydroxyl groups excluding tert-OH is 2. The van der Waals surface area contributed by atoms with Gasteiger partial charge in [-0.05, 0) is 25.3 Å². The summed E-state index contributed by atoms with van der Waals surface area (Å²) in [4.78, 5) is 11.1. The Morgan fingerprint density at radius 2 is 2.06 bits per heavy atom. The molecule has 4 heteroatoms. The number of unbranched alkanes of at least 4 members (excludes halogenated alkanes) is 3. The van der Waals surface area contributed by atoms with Crippen molar-refractivity contribution in [1.82, 2.24) is 0 Å². The normalized spacial score (nSPS) is 12.9. The van der Waals surface area contributed by atoms with Crippen molar-refractivity contribution in [3.8, 4) is 0 Å². The zero-order valence-corrected chi connectivity index (χ0v) is 10.6. The van der Waals surface area contributed by atoms with Gasteiger partial charge in [0.15, 0.2) is 0 Å². The van der Waals surface area contributed by atoms with Gasteiger partial charge in [0, 0.05) is 12.7 Å². The summed E-state index contributed by atoms with van der Waals surface area (Å²) in [5, 5.41) is 18.1. The number of hydrogen-bond donors (Lipinski definition) is 2. The molecule has 17 heavy (non-hydrogen) atoms. The first-order valence-corrected chi connectivity index (χ1v) is 6.34. The van der Waals surface area contributed by atoms with Crippen LogP contribution in [0, 0.1) is 0 Å². The largest absolute Gasteiger partial charge is 0.463 e. The fraction of sp³-hybridized carbons (Fsp3) is 0.769. The minimum atomic E-state index is -0.604. The van der Waals surface area contributed by atoms with Gasteiger partial charge in [-0.3, -0.25) is 0 Å². The van der Waals surface area contributed by atoms with Crippen molar-refractivity contribution in [2.45, 2.75) is 51.6 Å². The molecule has 1 unspecified atom stereocenters. The van der Waals surface area contributed by atoms with Crippen molar-refractivity contribution in [2.75, 3.05) is 13.2 Å². The van der Waals surface area contributed by atoms with Crippen LogP contribution in [0.1, 0.15) is 45.4 Å². The molecule has 0 aromatic heterocycles. The first kappa shape index (κ1) is 16.1. The van der Waals surface area contributed by atoms with Crippen LogP contribution in [0.2, 0.25) is 0 Å². The molecule has 4 nitrogen and oxygen atoms in total. The van der Waals surface area contributed by atoms with Gasteiger partial charge in [0.1, 0.15) is 0 Å². The van der Waals surface area contributed by atoms with Gasteiger partial charge in [-0.2, -0.15) is 0 Å². The van der Waals surface area contributed by atoms with E-state index in [1.165, 1.54) is 12.2 Å². The fourth-order valence-electron chi connectivity index (χ4n) is 1.29. The molecule has 0 spiro atoms. The molecule has 0 aromatic rings. The van der Waals surface area contributed by atoms with E-state index in [4.69, 9.17) is 9.84 Å². The van der Waals surface area contributed by atoms with Crippen molar-refractivity contribution in [2.24, 2.45) is 0 Å². The third-order valence-electron chi connectivity index (χ3n) is 2.35. The average molecular weight is 244 g/mol. The number of carbonyl (C=O) groups is 1. The smallest absolute Gasteiger partial charge is 0.330 e. The zero-order chi connectivity index (χ0) is 12.9. The predicted molar refractivity (Wildman–Crippen MR) is 66.6 cm³/mol. The van der Waals surface area contributed by atoms with Crippen LogP contribution < -0.4 is 0 Å². The number of aliphatic hydroxyl groups is 2. The van der Waals surface area contributed by atoms with Gasteiger partial charge in [-0.15, -0.1) is 0 Å². The molecule has 0 saturated heterocycles. The minimum absolute atomic E-state index is 0.190. The lowest BCUT2D eigenvalue weighted by Crippen LogP contribution is -2.06. The van der Waals surface area contributed by atoms with E-state index in [1.54, 1.807) is 0 Å². The molecule has 0 heterocycles. The highest BCUT2D eigenvalue weighted by molar-refractivity contribution is 5.81. The second-order valence-electron chi connectivity index (χ2n) is 4.02. The van der Waals surface area contributed by atoms with Crippen LogP contribution in [0.4, 0.5) is 0 Å². The number of rotatable bonds is 10. The van der Waals surface area contributed by atoms with E-state index in [1.807, 2.05) is 6.92 Å². The quantitative estimate of drug-likeness (QED) is 0.349. The van der Waals surface area contributed by atoms with Crippen LogP contribution in [0.5, 0.6) is 0 Å². The summed E-state index contributed by atoms with van der Waals surface area (Å²) in [6.07, 6.45) is 7.10. The Labute approximate surface area is 103 Å². The van der Waals surface area contributed by atoms with E-state index in [0.717, 1.165) is 32.1 Å². The Morgan fingerprint density at radius 3 is 2.71 bits per heavy atom. The third kappa shape index (κ3) is 11.4. The van der Waals surface area contributed by atoms with Gasteiger partial charge in [0.05, 0.1) is 12.7 Å². The van der Waals surface area contributed by atoms with Crippen LogP contribution in [-0.2, 0) is 9.53 Å². The summed E-state index contributed by atoms with van der Waals surface area (Å²) in [7, 11) is 0. The molecule has 0 aromatic carbocycles. The summed E-state index contributed by atoms with van der Waals surface area (Å²) >= 11 is 0. The lowest BCUT2D eigenvalue weighted by atomic mass is 10.1. The monoisotopic (exact) mass is 244 g/mol. The Bertz CT molecular complexity index is 213. The number of ether oxygens (including phenoxy) is 1. The average Bonchev–Trinajstić information content (AvgIpc) is 2.32. The summed E-state index contributed by atoms with van der Waals surface area (Å²) in [6.45, 7) is 2.65. The maximum absolute atomic E-state index is 11.1. The van der Waals surface area contributed by atoms with Crippen molar-refractivity contribution in [3.63, 3.8) is 0 Å². The SMILES string of the molecule is CCCCOC(=O)C=CC(O)CCCCCO. The second-order valence-corrected chi connectivity index (χ2v) is 4.02. The van der Waals surface area contributed by atoms with Crippen LogP contribution in [-0.4, -0.2) is 35.5 Å². The molecular formula is C13H24O4. The van der Waals surface area contributed by atoms with E-state index in [2.05, 4.69) is 0 Å². The molecule has 0 saturated carbocycles. The first-order chi connectivity index (χ1) is 8.20. The maximum Gasteiger partial charge on any atom is 0.330 e. The van der Waals surface area contributed by atoms with Crippen LogP contribution in [0.3, 0.4) is 0 Å². The number of esters is 1. The molecule has 1 atom stereocenters. The van der Waals surface area contributed by atoms with Gasteiger partial charge in [-0.1, -0.05) is 26.2 Å². The molecule has 0 aliphatic carbocycles. The molecule has 0 amide bonds. The lowest BCUT2D eigenvalue weighted by molar-refractivity contribution is -0.137. The standard InChI is InChI=1S/C13H24O4/c1-2-3-11-17-13(16)9-8-12(15)7-5-4-6-10-14/h8-9,12,14-15H,2-7,10-11H2,1H3. The molecule has 0 bridgehead atoms. The molecule has 0 fully saturated rings. The highest BCUT2D eigenvalue weighted by atomic mass is 16.5. The van der Waals surface area contributed by atoms with E-state index >= 15 is 0 Å². The minimum Gasteiger partial charge on any atom is -0.463 e. The molecule has 0 radical (unpaired) electrons. The molecule has 100 valence electrons. The summed E-state index contributed by atoms with van der Waals surface area (Å²) in [5.41, 5.74) is 0. The van der Waals surface area contributed by atoms with E-state index < -0.39 is 12.1 Å².